The summed E-state index contributed by atoms with van der Waals surface area (Å²) < 4.78 is 0. The van der Waals surface area contributed by atoms with Gasteiger partial charge in [0, 0.05) is 12.1 Å². The maximum atomic E-state index is 3.87. The average Bonchev–Trinajstić information content (AvgIpc) is 1.85. The van der Waals surface area contributed by atoms with E-state index in [0.717, 1.165) is 0 Å². The zero-order valence-electron chi connectivity index (χ0n) is 3.83. The number of rotatable bonds is 0. The van der Waals surface area contributed by atoms with E-state index in [4.69, 9.17) is 0 Å². The molecule has 0 saturated heterocycles. The average molecular weight is 94.1 g/mol. The summed E-state index contributed by atoms with van der Waals surface area (Å²) in [5.41, 5.74) is 2.94. The fourth-order valence-corrected chi connectivity index (χ4v) is 0.837. The summed E-state index contributed by atoms with van der Waals surface area (Å²) in [6, 6.07) is 0.542. The Kier molecular flexibility index (Phi) is 0.410. The Morgan fingerprint density at radius 3 is 2.71 bits per heavy atom. The smallest absolute Gasteiger partial charge is 0.0733 e. The molecule has 2 atom stereocenters. The second-order valence-corrected chi connectivity index (χ2v) is 1.90. The lowest BCUT2D eigenvalue weighted by molar-refractivity contribution is 0.583. The van der Waals surface area contributed by atoms with Crippen LogP contribution in [0, 0.1) is 5.92 Å². The molecule has 1 N–H and O–H groups in total. The molecular weight excluding hydrogens is 88.1 g/mol. The molecule has 1 aliphatic carbocycles. The molecule has 2 unspecified atom stereocenters. The van der Waals surface area contributed by atoms with Crippen molar-refractivity contribution >= 4 is 6.21 Å². The predicted molar refractivity (Wildman–Crippen MR) is 28.0 cm³/mol. The molecule has 1 aliphatic heterocycles. The first kappa shape index (κ1) is 3.24. The second-order valence-electron chi connectivity index (χ2n) is 1.90. The van der Waals surface area contributed by atoms with E-state index in [1.165, 1.54) is 0 Å². The van der Waals surface area contributed by atoms with Crippen molar-refractivity contribution in [1.29, 1.82) is 0 Å². The highest BCUT2D eigenvalue weighted by Gasteiger charge is 2.25. The van der Waals surface area contributed by atoms with Gasteiger partial charge in [0.05, 0.1) is 6.04 Å². The minimum absolute atomic E-state index is 0.542. The van der Waals surface area contributed by atoms with Gasteiger partial charge in [-0.3, -0.25) is 0 Å². The molecule has 2 rings (SSSR count). The summed E-state index contributed by atoms with van der Waals surface area (Å²) in [5, 5.41) is 3.87. The molecule has 0 aromatic carbocycles. The number of nitrogens with one attached hydrogen (secondary N) is 1. The molecule has 2 nitrogen and oxygen atoms in total. The fraction of sp³-hybridized carbons (Fsp3) is 0.400. The first-order chi connectivity index (χ1) is 3.47. The Labute approximate surface area is 41.9 Å². The molecule has 0 bridgehead atoms. The number of nitrogens with zero attached hydrogens (tertiary/aromatic N) is 1. The molecule has 0 fully saturated rings. The summed E-state index contributed by atoms with van der Waals surface area (Å²) in [4.78, 5) is 0. The third kappa shape index (κ3) is 0.266. The SMILES string of the molecule is C1=CC2NN=CC12. The minimum Gasteiger partial charge on any atom is -0.303 e. The Morgan fingerprint density at radius 2 is 2.43 bits per heavy atom. The van der Waals surface area contributed by atoms with Crippen LogP contribution in [0.15, 0.2) is 17.3 Å². The molecule has 2 heteroatoms. The molecule has 0 aromatic heterocycles. The first-order valence-corrected chi connectivity index (χ1v) is 2.44. The van der Waals surface area contributed by atoms with Gasteiger partial charge in [-0.2, -0.15) is 5.10 Å². The van der Waals surface area contributed by atoms with Crippen LogP contribution < -0.4 is 5.43 Å². The zero-order chi connectivity index (χ0) is 4.69. The van der Waals surface area contributed by atoms with Gasteiger partial charge in [0.2, 0.25) is 0 Å². The molecule has 0 aromatic rings. The van der Waals surface area contributed by atoms with E-state index in [1.807, 2.05) is 6.21 Å². The Morgan fingerprint density at radius 1 is 1.43 bits per heavy atom. The summed E-state index contributed by atoms with van der Waals surface area (Å²) in [5.74, 6) is 0.611. The maximum absolute atomic E-state index is 3.87. The quantitative estimate of drug-likeness (QED) is 0.424. The van der Waals surface area contributed by atoms with Gasteiger partial charge < -0.3 is 5.43 Å². The van der Waals surface area contributed by atoms with E-state index in [-0.39, 0.29) is 0 Å². The summed E-state index contributed by atoms with van der Waals surface area (Å²) >= 11 is 0. The van der Waals surface area contributed by atoms with Crippen molar-refractivity contribution in [2.75, 3.05) is 0 Å². The molecule has 36 valence electrons. The van der Waals surface area contributed by atoms with Crippen LogP contribution in [-0.4, -0.2) is 12.3 Å². The van der Waals surface area contributed by atoms with Gasteiger partial charge in [-0.15, -0.1) is 0 Å². The molecule has 0 saturated carbocycles. The third-order valence-corrected chi connectivity index (χ3v) is 1.43. The van der Waals surface area contributed by atoms with E-state index >= 15 is 0 Å². The van der Waals surface area contributed by atoms with E-state index in [0.29, 0.717) is 12.0 Å². The summed E-state index contributed by atoms with van der Waals surface area (Å²) in [6.45, 7) is 0. The Balaban J connectivity index is 2.29. The highest BCUT2D eigenvalue weighted by atomic mass is 15.3. The van der Waals surface area contributed by atoms with Gasteiger partial charge in [-0.1, -0.05) is 12.2 Å². The van der Waals surface area contributed by atoms with Crippen LogP contribution in [0.2, 0.25) is 0 Å². The van der Waals surface area contributed by atoms with E-state index < -0.39 is 0 Å². The third-order valence-electron chi connectivity index (χ3n) is 1.43. The lowest BCUT2D eigenvalue weighted by Gasteiger charge is -2.17. The van der Waals surface area contributed by atoms with Crippen molar-refractivity contribution < 1.29 is 0 Å². The van der Waals surface area contributed by atoms with Crippen LogP contribution in [0.3, 0.4) is 0 Å². The first-order valence-electron chi connectivity index (χ1n) is 2.44. The minimum atomic E-state index is 0.542. The topological polar surface area (TPSA) is 24.4 Å². The summed E-state index contributed by atoms with van der Waals surface area (Å²) in [6.07, 6.45) is 6.20. The fourth-order valence-electron chi connectivity index (χ4n) is 0.837. The van der Waals surface area contributed by atoms with Crippen molar-refractivity contribution in [2.24, 2.45) is 11.0 Å². The monoisotopic (exact) mass is 94.1 g/mol. The van der Waals surface area contributed by atoms with Gasteiger partial charge >= 0.3 is 0 Å². The summed E-state index contributed by atoms with van der Waals surface area (Å²) in [7, 11) is 0. The highest BCUT2D eigenvalue weighted by Crippen LogP contribution is 2.18. The Bertz CT molecular complexity index is 137. The van der Waals surface area contributed by atoms with Crippen molar-refractivity contribution in [3.05, 3.63) is 12.2 Å². The van der Waals surface area contributed by atoms with Crippen LogP contribution in [0.25, 0.3) is 0 Å². The van der Waals surface area contributed by atoms with E-state index in [1.54, 1.807) is 0 Å². The number of hydrogen-bond donors (Lipinski definition) is 1. The maximum Gasteiger partial charge on any atom is 0.0733 e. The standard InChI is InChI=1S/C5H6N2/c1-2-5-4(1)3-6-7-5/h1-5,7H. The molecule has 7 heavy (non-hydrogen) atoms. The molecule has 0 spiro atoms. The van der Waals surface area contributed by atoms with E-state index in [9.17, 15) is 0 Å². The van der Waals surface area contributed by atoms with Crippen LogP contribution in [0.4, 0.5) is 0 Å². The molecule has 0 amide bonds. The van der Waals surface area contributed by atoms with Gasteiger partial charge in [0.25, 0.3) is 0 Å². The molecular formula is C5H6N2. The van der Waals surface area contributed by atoms with Gasteiger partial charge in [-0.25, -0.2) is 0 Å². The predicted octanol–water partition coefficient (Wildman–Crippen LogP) is 0.130. The van der Waals surface area contributed by atoms with Crippen molar-refractivity contribution in [3.63, 3.8) is 0 Å². The van der Waals surface area contributed by atoms with Crippen LogP contribution in [-0.2, 0) is 0 Å². The van der Waals surface area contributed by atoms with Crippen molar-refractivity contribution in [3.8, 4) is 0 Å². The Hall–Kier alpha value is -0.790. The number of fused-ring (bicyclic) bond motifs is 1. The highest BCUT2D eigenvalue weighted by molar-refractivity contribution is 5.69. The largest absolute Gasteiger partial charge is 0.303 e. The van der Waals surface area contributed by atoms with Crippen molar-refractivity contribution in [2.45, 2.75) is 6.04 Å². The molecule has 2 aliphatic rings. The van der Waals surface area contributed by atoms with Crippen LogP contribution >= 0.6 is 0 Å². The lowest BCUT2D eigenvalue weighted by atomic mass is 9.92. The normalized spacial score (nSPS) is 42.3. The molecule has 0 radical (unpaired) electrons. The number of hydrazone groups is 1. The van der Waals surface area contributed by atoms with Crippen LogP contribution in [0.1, 0.15) is 0 Å². The number of hydrogen-bond acceptors (Lipinski definition) is 2. The van der Waals surface area contributed by atoms with Gasteiger partial charge in [0.15, 0.2) is 0 Å². The van der Waals surface area contributed by atoms with Gasteiger partial charge in [0.1, 0.15) is 0 Å². The zero-order valence-corrected chi connectivity index (χ0v) is 3.83. The van der Waals surface area contributed by atoms with Crippen molar-refractivity contribution in [1.82, 2.24) is 5.43 Å². The van der Waals surface area contributed by atoms with E-state index in [2.05, 4.69) is 22.7 Å². The van der Waals surface area contributed by atoms with Crippen LogP contribution in [0.5, 0.6) is 0 Å². The second kappa shape index (κ2) is 0.886. The van der Waals surface area contributed by atoms with Gasteiger partial charge in [-0.05, 0) is 0 Å². The lowest BCUT2D eigenvalue weighted by Crippen LogP contribution is -2.29. The molecule has 1 heterocycles.